The van der Waals surface area contributed by atoms with Crippen LogP contribution in [0.25, 0.3) is 0 Å². The van der Waals surface area contributed by atoms with E-state index in [4.69, 9.17) is 9.47 Å². The summed E-state index contributed by atoms with van der Waals surface area (Å²) in [7, 11) is 1.55. The highest BCUT2D eigenvalue weighted by atomic mass is 16.5. The molecule has 1 N–H and O–H groups in total. The lowest BCUT2D eigenvalue weighted by molar-refractivity contribution is -0.125. The van der Waals surface area contributed by atoms with Gasteiger partial charge in [-0.2, -0.15) is 0 Å². The Morgan fingerprint density at radius 1 is 1.15 bits per heavy atom. The van der Waals surface area contributed by atoms with Gasteiger partial charge in [0.05, 0.1) is 12.7 Å². The molecule has 0 spiro atoms. The van der Waals surface area contributed by atoms with E-state index in [9.17, 15) is 9.59 Å². The van der Waals surface area contributed by atoms with Crippen molar-refractivity contribution < 1.29 is 19.1 Å². The lowest BCUT2D eigenvalue weighted by Gasteiger charge is -2.17. The molecule has 0 heterocycles. The summed E-state index contributed by atoms with van der Waals surface area (Å²) < 4.78 is 9.95. The number of methoxy groups -OCH3 is 1. The molecule has 1 rings (SSSR count). The average Bonchev–Trinajstić information content (AvgIpc) is 2.44. The predicted octanol–water partition coefficient (Wildman–Crippen LogP) is 2.01. The van der Waals surface area contributed by atoms with Gasteiger partial charge in [-0.05, 0) is 37.1 Å². The van der Waals surface area contributed by atoms with Crippen LogP contribution in [0.4, 0.5) is 0 Å². The summed E-state index contributed by atoms with van der Waals surface area (Å²) in [4.78, 5) is 23.3. The molecular weight excluding hydrogens is 258 g/mol. The first-order valence-corrected chi connectivity index (χ1v) is 6.54. The fraction of sp³-hybridized carbons (Fsp3) is 0.467. The van der Waals surface area contributed by atoms with Gasteiger partial charge in [0.2, 0.25) is 0 Å². The van der Waals surface area contributed by atoms with Crippen molar-refractivity contribution >= 4 is 11.9 Å². The Bertz CT molecular complexity index is 453. The Balaban J connectivity index is 2.44. The highest BCUT2D eigenvalue weighted by Crippen LogP contribution is 2.12. The maximum absolute atomic E-state index is 11.7. The van der Waals surface area contributed by atoms with Crippen molar-refractivity contribution in [1.82, 2.24) is 5.32 Å². The van der Waals surface area contributed by atoms with Gasteiger partial charge in [0.15, 0.2) is 6.61 Å². The molecule has 110 valence electrons. The molecule has 0 aromatic heterocycles. The van der Waals surface area contributed by atoms with Crippen molar-refractivity contribution in [3.8, 4) is 5.75 Å². The molecule has 5 heteroatoms. The number of nitrogens with one attached hydrogen (secondary N) is 1. The second-order valence-corrected chi connectivity index (χ2v) is 4.90. The molecule has 0 bridgehead atoms. The lowest BCUT2D eigenvalue weighted by atomic mass is 10.1. The first-order chi connectivity index (χ1) is 9.43. The van der Waals surface area contributed by atoms with Crippen molar-refractivity contribution in [2.24, 2.45) is 5.92 Å². The Morgan fingerprint density at radius 3 is 2.25 bits per heavy atom. The van der Waals surface area contributed by atoms with Crippen LogP contribution in [0, 0.1) is 5.92 Å². The molecule has 5 nitrogen and oxygen atoms in total. The lowest BCUT2D eigenvalue weighted by Crippen LogP contribution is -2.38. The molecule has 0 unspecified atom stereocenters. The Kier molecular flexibility index (Phi) is 6.03. The molecule has 0 fully saturated rings. The zero-order valence-electron chi connectivity index (χ0n) is 12.3. The molecule has 0 aliphatic rings. The van der Waals surface area contributed by atoms with E-state index >= 15 is 0 Å². The van der Waals surface area contributed by atoms with E-state index in [2.05, 4.69) is 5.32 Å². The average molecular weight is 279 g/mol. The third-order valence-electron chi connectivity index (χ3n) is 3.05. The largest absolute Gasteiger partial charge is 0.497 e. The predicted molar refractivity (Wildman–Crippen MR) is 75.7 cm³/mol. The number of esters is 1. The maximum atomic E-state index is 11.7. The number of ether oxygens (including phenoxy) is 2. The first-order valence-electron chi connectivity index (χ1n) is 6.54. The minimum atomic E-state index is -0.528. The number of carbonyl (C=O) groups excluding carboxylic acids is 2. The molecule has 1 atom stereocenters. The van der Waals surface area contributed by atoms with Crippen LogP contribution in [-0.2, 0) is 9.53 Å². The molecule has 1 amide bonds. The smallest absolute Gasteiger partial charge is 0.338 e. The highest BCUT2D eigenvalue weighted by Gasteiger charge is 2.13. The van der Waals surface area contributed by atoms with Crippen LogP contribution in [0.2, 0.25) is 0 Å². The summed E-state index contributed by atoms with van der Waals surface area (Å²) in [5, 5.41) is 2.77. The van der Waals surface area contributed by atoms with Gasteiger partial charge in [0.1, 0.15) is 5.75 Å². The standard InChI is InChI=1S/C15H21NO4/c1-10(2)11(3)16-14(17)9-20-15(18)12-5-7-13(19-4)8-6-12/h5-8,10-11H,9H2,1-4H3,(H,16,17)/t11-/m0/s1. The van der Waals surface area contributed by atoms with Crippen LogP contribution < -0.4 is 10.1 Å². The fourth-order valence-corrected chi connectivity index (χ4v) is 1.40. The van der Waals surface area contributed by atoms with E-state index in [0.717, 1.165) is 0 Å². The topological polar surface area (TPSA) is 64.6 Å². The summed E-state index contributed by atoms with van der Waals surface area (Å²) in [5.74, 6) is 0.161. The third kappa shape index (κ3) is 4.91. The summed E-state index contributed by atoms with van der Waals surface area (Å²) in [6.45, 7) is 5.65. The van der Waals surface area contributed by atoms with Crippen LogP contribution >= 0.6 is 0 Å². The van der Waals surface area contributed by atoms with Gasteiger partial charge in [-0.25, -0.2) is 4.79 Å². The van der Waals surface area contributed by atoms with Crippen LogP contribution in [0.15, 0.2) is 24.3 Å². The highest BCUT2D eigenvalue weighted by molar-refractivity contribution is 5.91. The van der Waals surface area contributed by atoms with Gasteiger partial charge in [0, 0.05) is 6.04 Å². The number of rotatable bonds is 6. The van der Waals surface area contributed by atoms with Crippen molar-refractivity contribution in [1.29, 1.82) is 0 Å². The second kappa shape index (κ2) is 7.53. The van der Waals surface area contributed by atoms with E-state index < -0.39 is 5.97 Å². The van der Waals surface area contributed by atoms with Gasteiger partial charge in [-0.15, -0.1) is 0 Å². The molecule has 1 aromatic carbocycles. The molecule has 0 aliphatic heterocycles. The normalized spacial score (nSPS) is 11.8. The molecule has 0 saturated heterocycles. The Hall–Kier alpha value is -2.04. The van der Waals surface area contributed by atoms with Gasteiger partial charge in [-0.3, -0.25) is 4.79 Å². The minimum Gasteiger partial charge on any atom is -0.497 e. The number of carbonyl (C=O) groups is 2. The van der Waals surface area contributed by atoms with Gasteiger partial charge >= 0.3 is 5.97 Å². The van der Waals surface area contributed by atoms with E-state index in [1.54, 1.807) is 31.4 Å². The van der Waals surface area contributed by atoms with Crippen molar-refractivity contribution in [3.05, 3.63) is 29.8 Å². The Labute approximate surface area is 119 Å². The first kappa shape index (κ1) is 16.0. The van der Waals surface area contributed by atoms with Crippen molar-refractivity contribution in [3.63, 3.8) is 0 Å². The van der Waals surface area contributed by atoms with Gasteiger partial charge < -0.3 is 14.8 Å². The van der Waals surface area contributed by atoms with Gasteiger partial charge in [0.25, 0.3) is 5.91 Å². The van der Waals surface area contributed by atoms with E-state index in [1.165, 1.54) is 0 Å². The van der Waals surface area contributed by atoms with Crippen LogP contribution in [-0.4, -0.2) is 31.6 Å². The quantitative estimate of drug-likeness (QED) is 0.809. The molecule has 0 saturated carbocycles. The SMILES string of the molecule is COc1ccc(C(=O)OCC(=O)N[C@@H](C)C(C)C)cc1. The summed E-state index contributed by atoms with van der Waals surface area (Å²) in [6, 6.07) is 6.56. The number of benzene rings is 1. The third-order valence-corrected chi connectivity index (χ3v) is 3.05. The van der Waals surface area contributed by atoms with Crippen molar-refractivity contribution in [2.45, 2.75) is 26.8 Å². The second-order valence-electron chi connectivity index (χ2n) is 4.90. The van der Waals surface area contributed by atoms with E-state index in [-0.39, 0.29) is 18.6 Å². The van der Waals surface area contributed by atoms with Crippen molar-refractivity contribution in [2.75, 3.05) is 13.7 Å². The summed E-state index contributed by atoms with van der Waals surface area (Å²) >= 11 is 0. The van der Waals surface area contributed by atoms with E-state index in [1.807, 2.05) is 20.8 Å². The van der Waals surface area contributed by atoms with Crippen LogP contribution in [0.1, 0.15) is 31.1 Å². The summed E-state index contributed by atoms with van der Waals surface area (Å²) in [6.07, 6.45) is 0. The molecule has 0 aliphatic carbocycles. The van der Waals surface area contributed by atoms with Crippen LogP contribution in [0.3, 0.4) is 0 Å². The molecule has 0 radical (unpaired) electrons. The number of hydrogen-bond acceptors (Lipinski definition) is 4. The van der Waals surface area contributed by atoms with E-state index in [0.29, 0.717) is 17.2 Å². The summed E-state index contributed by atoms with van der Waals surface area (Å²) in [5.41, 5.74) is 0.385. The number of hydrogen-bond donors (Lipinski definition) is 1. The zero-order chi connectivity index (χ0) is 15.1. The Morgan fingerprint density at radius 2 is 1.75 bits per heavy atom. The molecule has 1 aromatic rings. The number of amides is 1. The molecule has 20 heavy (non-hydrogen) atoms. The monoisotopic (exact) mass is 279 g/mol. The fourth-order valence-electron chi connectivity index (χ4n) is 1.40. The van der Waals surface area contributed by atoms with Gasteiger partial charge in [-0.1, -0.05) is 13.8 Å². The minimum absolute atomic E-state index is 0.0437. The van der Waals surface area contributed by atoms with Crippen LogP contribution in [0.5, 0.6) is 5.75 Å². The zero-order valence-corrected chi connectivity index (χ0v) is 12.3. The maximum Gasteiger partial charge on any atom is 0.338 e. The molecular formula is C15H21NO4.